The molecule has 70 valence electrons. The summed E-state index contributed by atoms with van der Waals surface area (Å²) < 4.78 is 1.22. The minimum atomic E-state index is 1.04. The third kappa shape index (κ3) is 2.70. The number of halogens is 1. The van der Waals surface area contributed by atoms with Gasteiger partial charge in [0.2, 0.25) is 0 Å². The van der Waals surface area contributed by atoms with Gasteiger partial charge in [-0.2, -0.15) is 0 Å². The first-order chi connectivity index (χ1) is 6.15. The highest BCUT2D eigenvalue weighted by molar-refractivity contribution is 9.10. The lowest BCUT2D eigenvalue weighted by Crippen LogP contribution is -1.89. The van der Waals surface area contributed by atoms with Crippen LogP contribution < -0.4 is 0 Å². The van der Waals surface area contributed by atoms with Gasteiger partial charge in [-0.3, -0.25) is 0 Å². The molecule has 1 heteroatoms. The van der Waals surface area contributed by atoms with E-state index in [2.05, 4.69) is 48.5 Å². The zero-order chi connectivity index (χ0) is 9.84. The zero-order valence-corrected chi connectivity index (χ0v) is 9.82. The van der Waals surface area contributed by atoms with Crippen molar-refractivity contribution in [3.8, 4) is 0 Å². The average Bonchev–Trinajstić information content (AvgIpc) is 2.09. The molecule has 0 amide bonds. The molecule has 0 saturated carbocycles. The van der Waals surface area contributed by atoms with E-state index in [4.69, 9.17) is 0 Å². The number of allylic oxidation sites excluding steroid dienone is 1. The van der Waals surface area contributed by atoms with Crippen molar-refractivity contribution in [2.75, 3.05) is 0 Å². The second kappa shape index (κ2) is 4.61. The SMILES string of the molecule is C=CCCc1cc(C)c(C)cc1Br. The monoisotopic (exact) mass is 238 g/mol. The van der Waals surface area contributed by atoms with E-state index >= 15 is 0 Å². The van der Waals surface area contributed by atoms with Crippen molar-refractivity contribution in [3.05, 3.63) is 46.0 Å². The molecule has 0 aliphatic carbocycles. The van der Waals surface area contributed by atoms with Gasteiger partial charge in [-0.25, -0.2) is 0 Å². The Bertz CT molecular complexity index is 313. The normalized spacial score (nSPS) is 10.1. The number of hydrogen-bond donors (Lipinski definition) is 0. The lowest BCUT2D eigenvalue weighted by Gasteiger charge is -2.07. The molecule has 1 rings (SSSR count). The number of aryl methyl sites for hydroxylation is 3. The van der Waals surface area contributed by atoms with E-state index in [-0.39, 0.29) is 0 Å². The molecule has 0 heterocycles. The van der Waals surface area contributed by atoms with Crippen LogP contribution in [0.15, 0.2) is 29.3 Å². The molecule has 0 nitrogen and oxygen atoms in total. The van der Waals surface area contributed by atoms with E-state index in [1.54, 1.807) is 0 Å². The summed E-state index contributed by atoms with van der Waals surface area (Å²) in [4.78, 5) is 0. The largest absolute Gasteiger partial charge is 0.103 e. The van der Waals surface area contributed by atoms with Gasteiger partial charge in [-0.05, 0) is 49.4 Å². The van der Waals surface area contributed by atoms with Gasteiger partial charge in [0.25, 0.3) is 0 Å². The molecule has 0 saturated heterocycles. The molecule has 0 fully saturated rings. The quantitative estimate of drug-likeness (QED) is 0.694. The number of benzene rings is 1. The van der Waals surface area contributed by atoms with Crippen molar-refractivity contribution in [2.24, 2.45) is 0 Å². The molecule has 0 radical (unpaired) electrons. The lowest BCUT2D eigenvalue weighted by atomic mass is 10.0. The second-order valence-corrected chi connectivity index (χ2v) is 4.21. The highest BCUT2D eigenvalue weighted by Gasteiger charge is 2.01. The van der Waals surface area contributed by atoms with Crippen molar-refractivity contribution in [2.45, 2.75) is 26.7 Å². The highest BCUT2D eigenvalue weighted by Crippen LogP contribution is 2.22. The Balaban J connectivity index is 2.94. The molecule has 1 aromatic rings. The summed E-state index contributed by atoms with van der Waals surface area (Å²) in [6.45, 7) is 8.02. The summed E-state index contributed by atoms with van der Waals surface area (Å²) in [5.41, 5.74) is 4.08. The van der Waals surface area contributed by atoms with E-state index in [0.717, 1.165) is 12.8 Å². The van der Waals surface area contributed by atoms with Crippen molar-refractivity contribution in [1.82, 2.24) is 0 Å². The molecule has 0 aliphatic heterocycles. The van der Waals surface area contributed by atoms with E-state index < -0.39 is 0 Å². The Morgan fingerprint density at radius 2 is 1.92 bits per heavy atom. The van der Waals surface area contributed by atoms with Gasteiger partial charge in [-0.15, -0.1) is 6.58 Å². The summed E-state index contributed by atoms with van der Waals surface area (Å²) in [6, 6.07) is 4.44. The first-order valence-electron chi connectivity index (χ1n) is 4.51. The van der Waals surface area contributed by atoms with Crippen LogP contribution in [0.5, 0.6) is 0 Å². The van der Waals surface area contributed by atoms with Crippen LogP contribution in [0.1, 0.15) is 23.1 Å². The molecule has 0 unspecified atom stereocenters. The molecule has 0 spiro atoms. The van der Waals surface area contributed by atoms with Gasteiger partial charge >= 0.3 is 0 Å². The molecule has 13 heavy (non-hydrogen) atoms. The van der Waals surface area contributed by atoms with Gasteiger partial charge in [0.15, 0.2) is 0 Å². The summed E-state index contributed by atoms with van der Waals surface area (Å²) in [6.07, 6.45) is 4.08. The zero-order valence-electron chi connectivity index (χ0n) is 8.23. The fourth-order valence-corrected chi connectivity index (χ4v) is 1.95. The topological polar surface area (TPSA) is 0 Å². The van der Waals surface area contributed by atoms with Gasteiger partial charge in [0.1, 0.15) is 0 Å². The molecular weight excluding hydrogens is 224 g/mol. The second-order valence-electron chi connectivity index (χ2n) is 3.36. The van der Waals surface area contributed by atoms with Gasteiger partial charge in [0, 0.05) is 4.47 Å². The molecule has 1 aromatic carbocycles. The van der Waals surface area contributed by atoms with Crippen LogP contribution in [0.25, 0.3) is 0 Å². The highest BCUT2D eigenvalue weighted by atomic mass is 79.9. The van der Waals surface area contributed by atoms with E-state index in [1.165, 1.54) is 21.2 Å². The van der Waals surface area contributed by atoms with Crippen molar-refractivity contribution < 1.29 is 0 Å². The van der Waals surface area contributed by atoms with Crippen molar-refractivity contribution in [1.29, 1.82) is 0 Å². The van der Waals surface area contributed by atoms with Crippen LogP contribution in [0.3, 0.4) is 0 Å². The van der Waals surface area contributed by atoms with Crippen molar-refractivity contribution in [3.63, 3.8) is 0 Å². The molecule has 0 bridgehead atoms. The van der Waals surface area contributed by atoms with E-state index in [9.17, 15) is 0 Å². The predicted octanol–water partition coefficient (Wildman–Crippen LogP) is 4.18. The third-order valence-electron chi connectivity index (χ3n) is 2.28. The van der Waals surface area contributed by atoms with Crippen LogP contribution >= 0.6 is 15.9 Å². The summed E-state index contributed by atoms with van der Waals surface area (Å²) >= 11 is 3.58. The summed E-state index contributed by atoms with van der Waals surface area (Å²) in [5.74, 6) is 0. The fourth-order valence-electron chi connectivity index (χ4n) is 1.29. The van der Waals surface area contributed by atoms with Crippen molar-refractivity contribution >= 4 is 15.9 Å². The maximum Gasteiger partial charge on any atom is 0.0210 e. The van der Waals surface area contributed by atoms with Crippen LogP contribution in [-0.2, 0) is 6.42 Å². The van der Waals surface area contributed by atoms with Gasteiger partial charge in [0.05, 0.1) is 0 Å². The Kier molecular flexibility index (Phi) is 3.73. The predicted molar refractivity (Wildman–Crippen MR) is 62.1 cm³/mol. The number of hydrogen-bond acceptors (Lipinski definition) is 0. The average molecular weight is 239 g/mol. The van der Waals surface area contributed by atoms with Crippen LogP contribution in [0.2, 0.25) is 0 Å². The standard InChI is InChI=1S/C12H15Br/c1-4-5-6-11-7-9(2)10(3)8-12(11)13/h4,7-8H,1,5-6H2,2-3H3. The third-order valence-corrected chi connectivity index (χ3v) is 3.02. The number of rotatable bonds is 3. The smallest absolute Gasteiger partial charge is 0.0210 e. The minimum Gasteiger partial charge on any atom is -0.103 e. The summed E-state index contributed by atoms with van der Waals surface area (Å²) in [5, 5.41) is 0. The van der Waals surface area contributed by atoms with E-state index in [1.807, 2.05) is 6.08 Å². The Morgan fingerprint density at radius 1 is 1.31 bits per heavy atom. The van der Waals surface area contributed by atoms with Crippen LogP contribution in [0.4, 0.5) is 0 Å². The maximum atomic E-state index is 3.73. The molecule has 0 N–H and O–H groups in total. The van der Waals surface area contributed by atoms with Gasteiger partial charge < -0.3 is 0 Å². The lowest BCUT2D eigenvalue weighted by molar-refractivity contribution is 0.991. The Hall–Kier alpha value is -0.560. The molecule has 0 aromatic heterocycles. The first-order valence-corrected chi connectivity index (χ1v) is 5.31. The molecular formula is C12H15Br. The van der Waals surface area contributed by atoms with E-state index in [0.29, 0.717) is 0 Å². The fraction of sp³-hybridized carbons (Fsp3) is 0.333. The maximum absolute atomic E-state index is 3.73. The summed E-state index contributed by atoms with van der Waals surface area (Å²) in [7, 11) is 0. The molecule has 0 atom stereocenters. The van der Waals surface area contributed by atoms with Crippen LogP contribution in [-0.4, -0.2) is 0 Å². The minimum absolute atomic E-state index is 1.04. The Labute approximate surface area is 88.8 Å². The Morgan fingerprint density at radius 3 is 2.54 bits per heavy atom. The van der Waals surface area contributed by atoms with Crippen LogP contribution in [0, 0.1) is 13.8 Å². The molecule has 0 aliphatic rings. The van der Waals surface area contributed by atoms with Gasteiger partial charge in [-0.1, -0.05) is 28.1 Å². The first kappa shape index (κ1) is 10.5.